The van der Waals surface area contributed by atoms with Gasteiger partial charge in [0.2, 0.25) is 0 Å². The van der Waals surface area contributed by atoms with Gasteiger partial charge in [0, 0.05) is 24.4 Å². The van der Waals surface area contributed by atoms with Crippen molar-refractivity contribution in [2.45, 2.75) is 37.7 Å². The van der Waals surface area contributed by atoms with Crippen molar-refractivity contribution in [3.63, 3.8) is 0 Å². The maximum absolute atomic E-state index is 6.45. The van der Waals surface area contributed by atoms with Crippen LogP contribution in [0.2, 0.25) is 0 Å². The Balaban J connectivity index is 1.75. The molecule has 2 heterocycles. The first-order valence-corrected chi connectivity index (χ1v) is 9.17. The van der Waals surface area contributed by atoms with Gasteiger partial charge in [0.1, 0.15) is 5.60 Å². The van der Waals surface area contributed by atoms with Gasteiger partial charge in [-0.15, -0.1) is 0 Å². The van der Waals surface area contributed by atoms with Crippen LogP contribution in [0.25, 0.3) is 12.2 Å². The van der Waals surface area contributed by atoms with E-state index in [1.807, 2.05) is 24.5 Å². The number of nitrogens with zero attached hydrogens (tertiary/aromatic N) is 1. The summed E-state index contributed by atoms with van der Waals surface area (Å²) in [4.78, 5) is 4.07. The van der Waals surface area contributed by atoms with Crippen molar-refractivity contribution in [3.05, 3.63) is 51.8 Å². The zero-order valence-electron chi connectivity index (χ0n) is 13.7. The maximum atomic E-state index is 6.45. The largest absolute Gasteiger partial charge is 0.492 e. The van der Waals surface area contributed by atoms with Gasteiger partial charge in [-0.1, -0.05) is 12.2 Å². The number of rotatable bonds is 3. The second-order valence-corrected chi connectivity index (χ2v) is 7.43. The van der Waals surface area contributed by atoms with Crippen LogP contribution in [0.3, 0.4) is 0 Å². The third-order valence-electron chi connectivity index (χ3n) is 5.03. The molecule has 4 heteroatoms. The molecule has 124 valence electrons. The molecule has 0 radical (unpaired) electrons. The molecule has 4 rings (SSSR count). The molecule has 1 aromatic heterocycles. The Morgan fingerprint density at radius 3 is 2.67 bits per heavy atom. The van der Waals surface area contributed by atoms with Gasteiger partial charge >= 0.3 is 0 Å². The molecule has 24 heavy (non-hydrogen) atoms. The van der Waals surface area contributed by atoms with Crippen molar-refractivity contribution in [2.24, 2.45) is 0 Å². The van der Waals surface area contributed by atoms with E-state index in [1.165, 1.54) is 24.0 Å². The van der Waals surface area contributed by atoms with Crippen molar-refractivity contribution in [3.8, 4) is 11.5 Å². The van der Waals surface area contributed by atoms with E-state index in [1.54, 1.807) is 7.11 Å². The van der Waals surface area contributed by atoms with Crippen LogP contribution in [0.4, 0.5) is 0 Å². The normalized spacial score (nSPS) is 18.1. The Hall–Kier alpha value is -1.81. The molecule has 2 aliphatic rings. The molecule has 0 amide bonds. The van der Waals surface area contributed by atoms with Gasteiger partial charge < -0.3 is 9.47 Å². The predicted molar refractivity (Wildman–Crippen MR) is 99.4 cm³/mol. The minimum absolute atomic E-state index is 0.0182. The van der Waals surface area contributed by atoms with Gasteiger partial charge in [0.05, 0.1) is 11.6 Å². The molecular formula is C20H20BrNO2. The Bertz CT molecular complexity index is 780. The van der Waals surface area contributed by atoms with Crippen molar-refractivity contribution >= 4 is 28.1 Å². The number of hydrogen-bond acceptors (Lipinski definition) is 3. The lowest BCUT2D eigenvalue weighted by atomic mass is 9.92. The third-order valence-corrected chi connectivity index (χ3v) is 5.61. The Morgan fingerprint density at radius 1 is 1.21 bits per heavy atom. The van der Waals surface area contributed by atoms with Gasteiger partial charge in [-0.3, -0.25) is 4.98 Å². The van der Waals surface area contributed by atoms with Crippen LogP contribution in [0.1, 0.15) is 42.4 Å². The highest BCUT2D eigenvalue weighted by Crippen LogP contribution is 2.52. The summed E-state index contributed by atoms with van der Waals surface area (Å²) in [6.45, 7) is 0. The van der Waals surface area contributed by atoms with Crippen LogP contribution in [-0.4, -0.2) is 17.7 Å². The molecule has 0 N–H and O–H groups in total. The molecule has 0 unspecified atom stereocenters. The SMILES string of the molecule is COc1c(Br)cc(C=Cc2ccncc2)c2c1OC1(CCCC1)C2. The molecular weight excluding hydrogens is 366 g/mol. The summed E-state index contributed by atoms with van der Waals surface area (Å²) in [5.74, 6) is 1.73. The lowest BCUT2D eigenvalue weighted by Crippen LogP contribution is -2.30. The number of ether oxygens (including phenoxy) is 2. The van der Waals surface area contributed by atoms with E-state index in [2.05, 4.69) is 39.1 Å². The van der Waals surface area contributed by atoms with E-state index in [0.717, 1.165) is 40.8 Å². The van der Waals surface area contributed by atoms with E-state index in [9.17, 15) is 0 Å². The number of methoxy groups -OCH3 is 1. The number of fused-ring (bicyclic) bond motifs is 1. The topological polar surface area (TPSA) is 31.4 Å². The highest BCUT2D eigenvalue weighted by atomic mass is 79.9. The lowest BCUT2D eigenvalue weighted by Gasteiger charge is -2.22. The fourth-order valence-corrected chi connectivity index (χ4v) is 4.42. The van der Waals surface area contributed by atoms with Gasteiger partial charge in [0.25, 0.3) is 0 Å². The summed E-state index contributed by atoms with van der Waals surface area (Å²) >= 11 is 3.64. The monoisotopic (exact) mass is 385 g/mol. The Labute approximate surface area is 150 Å². The van der Waals surface area contributed by atoms with Crippen LogP contribution < -0.4 is 9.47 Å². The minimum atomic E-state index is -0.0182. The summed E-state index contributed by atoms with van der Waals surface area (Å²) in [6.07, 6.45) is 13.6. The first kappa shape index (κ1) is 15.7. The smallest absolute Gasteiger partial charge is 0.175 e. The molecule has 2 aromatic rings. The van der Waals surface area contributed by atoms with Crippen LogP contribution in [0, 0.1) is 0 Å². The number of hydrogen-bond donors (Lipinski definition) is 0. The maximum Gasteiger partial charge on any atom is 0.175 e. The van der Waals surface area contributed by atoms with Crippen LogP contribution in [0.15, 0.2) is 35.1 Å². The zero-order valence-corrected chi connectivity index (χ0v) is 15.3. The quantitative estimate of drug-likeness (QED) is 0.720. The molecule has 3 nitrogen and oxygen atoms in total. The lowest BCUT2D eigenvalue weighted by molar-refractivity contribution is 0.0995. The second kappa shape index (κ2) is 6.25. The van der Waals surface area contributed by atoms with Gasteiger partial charge in [-0.2, -0.15) is 0 Å². The summed E-state index contributed by atoms with van der Waals surface area (Å²) in [5.41, 5.74) is 3.58. The second-order valence-electron chi connectivity index (χ2n) is 6.57. The molecule has 0 saturated heterocycles. The minimum Gasteiger partial charge on any atom is -0.492 e. The van der Waals surface area contributed by atoms with Crippen molar-refractivity contribution in [1.82, 2.24) is 4.98 Å². The van der Waals surface area contributed by atoms with E-state index in [0.29, 0.717) is 0 Å². The van der Waals surface area contributed by atoms with Crippen LogP contribution in [-0.2, 0) is 6.42 Å². The van der Waals surface area contributed by atoms with Gasteiger partial charge in [-0.25, -0.2) is 0 Å². The summed E-state index contributed by atoms with van der Waals surface area (Å²) < 4.78 is 13.0. The average Bonchev–Trinajstić information content (AvgIpc) is 3.21. The van der Waals surface area contributed by atoms with E-state index >= 15 is 0 Å². The fraction of sp³-hybridized carbons (Fsp3) is 0.350. The summed E-state index contributed by atoms with van der Waals surface area (Å²) in [6, 6.07) is 6.14. The van der Waals surface area contributed by atoms with Gasteiger partial charge in [-0.05, 0) is 70.9 Å². The highest BCUT2D eigenvalue weighted by Gasteiger charge is 2.44. The summed E-state index contributed by atoms with van der Waals surface area (Å²) in [7, 11) is 1.70. The zero-order chi connectivity index (χ0) is 16.6. The number of aromatic nitrogens is 1. The van der Waals surface area contributed by atoms with Crippen molar-refractivity contribution in [1.29, 1.82) is 0 Å². The molecule has 1 aromatic carbocycles. The Kier molecular flexibility index (Phi) is 4.09. The molecule has 1 aliphatic heterocycles. The third kappa shape index (κ3) is 2.73. The van der Waals surface area contributed by atoms with E-state index in [4.69, 9.17) is 9.47 Å². The van der Waals surface area contributed by atoms with Gasteiger partial charge in [0.15, 0.2) is 11.5 Å². The number of pyridine rings is 1. The van der Waals surface area contributed by atoms with Crippen molar-refractivity contribution in [2.75, 3.05) is 7.11 Å². The Morgan fingerprint density at radius 2 is 1.96 bits per heavy atom. The van der Waals surface area contributed by atoms with Crippen LogP contribution >= 0.6 is 15.9 Å². The molecule has 1 spiro atoms. The predicted octanol–water partition coefficient (Wildman–Crippen LogP) is 5.27. The highest BCUT2D eigenvalue weighted by molar-refractivity contribution is 9.10. The fourth-order valence-electron chi connectivity index (χ4n) is 3.83. The molecule has 1 saturated carbocycles. The number of benzene rings is 1. The van der Waals surface area contributed by atoms with Crippen molar-refractivity contribution < 1.29 is 9.47 Å². The van der Waals surface area contributed by atoms with E-state index < -0.39 is 0 Å². The van der Waals surface area contributed by atoms with Crippen LogP contribution in [0.5, 0.6) is 11.5 Å². The first-order valence-electron chi connectivity index (χ1n) is 8.37. The standard InChI is InChI=1S/C20H20BrNO2/c1-23-19-17(21)12-15(5-4-14-6-10-22-11-7-14)16-13-20(24-18(16)19)8-2-3-9-20/h4-7,10-12H,2-3,8-9,13H2,1H3. The molecule has 0 atom stereocenters. The first-order chi connectivity index (χ1) is 11.7. The molecule has 1 fully saturated rings. The average molecular weight is 386 g/mol. The number of halogens is 1. The molecule has 0 bridgehead atoms. The van der Waals surface area contributed by atoms with E-state index in [-0.39, 0.29) is 5.60 Å². The molecule has 1 aliphatic carbocycles. The summed E-state index contributed by atoms with van der Waals surface area (Å²) in [5, 5.41) is 0.